The quantitative estimate of drug-likeness (QED) is 0.685. The van der Waals surface area contributed by atoms with Crippen LogP contribution < -0.4 is 10.1 Å². The second-order valence-electron chi connectivity index (χ2n) is 5.65. The van der Waals surface area contributed by atoms with E-state index in [0.29, 0.717) is 24.3 Å². The lowest BCUT2D eigenvalue weighted by molar-refractivity contribution is -0.141. The molecule has 23 heavy (non-hydrogen) atoms. The van der Waals surface area contributed by atoms with Crippen LogP contribution in [0.25, 0.3) is 0 Å². The number of ether oxygens (including phenoxy) is 1. The van der Waals surface area contributed by atoms with E-state index in [1.54, 1.807) is 24.3 Å². The van der Waals surface area contributed by atoms with Crippen molar-refractivity contribution in [2.24, 2.45) is 5.92 Å². The minimum absolute atomic E-state index is 0.130. The van der Waals surface area contributed by atoms with Crippen molar-refractivity contribution in [2.45, 2.75) is 33.6 Å². The molecule has 0 fully saturated rings. The molecule has 0 spiro atoms. The topological polar surface area (TPSA) is 75.6 Å². The van der Waals surface area contributed by atoms with Crippen molar-refractivity contribution in [1.82, 2.24) is 5.32 Å². The maximum atomic E-state index is 12.1. The number of carboxylic acids is 1. The molecule has 1 amide bonds. The molecule has 0 aromatic heterocycles. The Morgan fingerprint density at radius 3 is 2.70 bits per heavy atom. The van der Waals surface area contributed by atoms with Gasteiger partial charge in [0.15, 0.2) is 0 Å². The highest BCUT2D eigenvalue weighted by Gasteiger charge is 2.17. The molecular formula is C18H25NO4. The van der Waals surface area contributed by atoms with Gasteiger partial charge in [-0.2, -0.15) is 0 Å². The van der Waals surface area contributed by atoms with Gasteiger partial charge in [-0.25, -0.2) is 0 Å². The van der Waals surface area contributed by atoms with Gasteiger partial charge in [-0.1, -0.05) is 25.0 Å². The molecule has 1 rings (SSSR count). The number of benzene rings is 1. The van der Waals surface area contributed by atoms with Crippen molar-refractivity contribution in [3.63, 3.8) is 0 Å². The first-order chi connectivity index (χ1) is 10.9. The summed E-state index contributed by atoms with van der Waals surface area (Å²) in [6.45, 7) is 6.48. The van der Waals surface area contributed by atoms with Gasteiger partial charge >= 0.3 is 5.97 Å². The molecular weight excluding hydrogens is 294 g/mol. The van der Waals surface area contributed by atoms with E-state index >= 15 is 0 Å². The van der Waals surface area contributed by atoms with Crippen LogP contribution in [-0.2, 0) is 4.79 Å². The summed E-state index contributed by atoms with van der Waals surface area (Å²) < 4.78 is 5.56. The summed E-state index contributed by atoms with van der Waals surface area (Å²) in [5.41, 5.74) is 1.62. The van der Waals surface area contributed by atoms with Gasteiger partial charge in [0.05, 0.1) is 5.92 Å². The SMILES string of the molecule is CCCC(CNC(=O)c1cccc(OCC=C(C)C)c1)C(=O)O. The van der Waals surface area contributed by atoms with Crippen LogP contribution in [0.1, 0.15) is 44.0 Å². The van der Waals surface area contributed by atoms with Crippen LogP contribution in [0.15, 0.2) is 35.9 Å². The van der Waals surface area contributed by atoms with Crippen LogP contribution >= 0.6 is 0 Å². The van der Waals surface area contributed by atoms with E-state index in [4.69, 9.17) is 9.84 Å². The zero-order valence-corrected chi connectivity index (χ0v) is 14.0. The Kier molecular flexibility index (Phi) is 7.88. The number of allylic oxidation sites excluding steroid dienone is 1. The van der Waals surface area contributed by atoms with E-state index in [1.807, 2.05) is 26.8 Å². The van der Waals surface area contributed by atoms with E-state index < -0.39 is 11.9 Å². The summed E-state index contributed by atoms with van der Waals surface area (Å²) in [6, 6.07) is 6.86. The first kappa shape index (κ1) is 18.7. The number of carboxylic acid groups (broad SMARTS) is 1. The van der Waals surface area contributed by atoms with Crippen molar-refractivity contribution in [1.29, 1.82) is 0 Å². The Balaban J connectivity index is 2.62. The molecule has 0 radical (unpaired) electrons. The van der Waals surface area contributed by atoms with Crippen LogP contribution in [0, 0.1) is 5.92 Å². The summed E-state index contributed by atoms with van der Waals surface area (Å²) in [6.07, 6.45) is 3.26. The molecule has 1 aromatic rings. The first-order valence-electron chi connectivity index (χ1n) is 7.81. The zero-order valence-electron chi connectivity index (χ0n) is 14.0. The minimum atomic E-state index is -0.883. The van der Waals surface area contributed by atoms with Crippen molar-refractivity contribution in [2.75, 3.05) is 13.2 Å². The Hall–Kier alpha value is -2.30. The van der Waals surface area contributed by atoms with E-state index in [-0.39, 0.29) is 12.5 Å². The standard InChI is InChI=1S/C18H25NO4/c1-4-6-15(18(21)22)12-19-17(20)14-7-5-8-16(11-14)23-10-9-13(2)3/h5,7-9,11,15H,4,6,10,12H2,1-3H3,(H,19,20)(H,21,22). The molecule has 1 atom stereocenters. The fourth-order valence-corrected chi connectivity index (χ4v) is 2.01. The maximum Gasteiger partial charge on any atom is 0.308 e. The normalized spacial score (nSPS) is 11.4. The van der Waals surface area contributed by atoms with Crippen LogP contribution in [0.5, 0.6) is 5.75 Å². The van der Waals surface area contributed by atoms with Crippen LogP contribution in [-0.4, -0.2) is 30.1 Å². The van der Waals surface area contributed by atoms with E-state index in [9.17, 15) is 9.59 Å². The smallest absolute Gasteiger partial charge is 0.308 e. The second kappa shape index (κ2) is 9.66. The molecule has 1 unspecified atom stereocenters. The molecule has 0 saturated carbocycles. The van der Waals surface area contributed by atoms with E-state index in [1.165, 1.54) is 0 Å². The van der Waals surface area contributed by atoms with Gasteiger partial charge in [-0.05, 0) is 44.5 Å². The monoisotopic (exact) mass is 319 g/mol. The molecule has 0 heterocycles. The first-order valence-corrected chi connectivity index (χ1v) is 7.81. The maximum absolute atomic E-state index is 12.1. The largest absolute Gasteiger partial charge is 0.490 e. The average Bonchev–Trinajstić information content (AvgIpc) is 2.50. The molecule has 126 valence electrons. The van der Waals surface area contributed by atoms with Crippen molar-refractivity contribution in [3.8, 4) is 5.75 Å². The Morgan fingerprint density at radius 2 is 2.09 bits per heavy atom. The van der Waals surface area contributed by atoms with E-state index in [0.717, 1.165) is 12.0 Å². The fraction of sp³-hybridized carbons (Fsp3) is 0.444. The lowest BCUT2D eigenvalue weighted by atomic mass is 10.0. The summed E-state index contributed by atoms with van der Waals surface area (Å²) in [7, 11) is 0. The lowest BCUT2D eigenvalue weighted by Gasteiger charge is -2.12. The van der Waals surface area contributed by atoms with E-state index in [2.05, 4.69) is 5.32 Å². The summed E-state index contributed by atoms with van der Waals surface area (Å²) >= 11 is 0. The predicted molar refractivity (Wildman–Crippen MR) is 89.7 cm³/mol. The number of aliphatic carboxylic acids is 1. The molecule has 2 N–H and O–H groups in total. The number of rotatable bonds is 9. The van der Waals surface area contributed by atoms with Gasteiger partial charge < -0.3 is 15.2 Å². The van der Waals surface area contributed by atoms with Gasteiger partial charge in [0.1, 0.15) is 12.4 Å². The fourth-order valence-electron chi connectivity index (χ4n) is 2.01. The molecule has 0 aliphatic heterocycles. The highest BCUT2D eigenvalue weighted by molar-refractivity contribution is 5.94. The van der Waals surface area contributed by atoms with Crippen LogP contribution in [0.2, 0.25) is 0 Å². The summed E-state index contributed by atoms with van der Waals surface area (Å²) in [5.74, 6) is -1.12. The van der Waals surface area contributed by atoms with Crippen LogP contribution in [0.4, 0.5) is 0 Å². The van der Waals surface area contributed by atoms with Gasteiger partial charge in [0, 0.05) is 12.1 Å². The van der Waals surface area contributed by atoms with Gasteiger partial charge in [-0.3, -0.25) is 9.59 Å². The molecule has 5 nitrogen and oxygen atoms in total. The number of carbonyl (C=O) groups is 2. The Morgan fingerprint density at radius 1 is 1.35 bits per heavy atom. The summed E-state index contributed by atoms with van der Waals surface area (Å²) in [5, 5.41) is 11.8. The van der Waals surface area contributed by atoms with Crippen molar-refractivity contribution < 1.29 is 19.4 Å². The second-order valence-corrected chi connectivity index (χ2v) is 5.65. The number of hydrogen-bond donors (Lipinski definition) is 2. The number of carbonyl (C=O) groups excluding carboxylic acids is 1. The highest BCUT2D eigenvalue weighted by Crippen LogP contribution is 2.14. The van der Waals surface area contributed by atoms with Crippen molar-refractivity contribution in [3.05, 3.63) is 41.5 Å². The summed E-state index contributed by atoms with van der Waals surface area (Å²) in [4.78, 5) is 23.2. The average molecular weight is 319 g/mol. The molecule has 0 aliphatic rings. The van der Waals surface area contributed by atoms with Crippen molar-refractivity contribution >= 4 is 11.9 Å². The molecule has 5 heteroatoms. The predicted octanol–water partition coefficient (Wildman–Crippen LogP) is 3.26. The minimum Gasteiger partial charge on any atom is -0.490 e. The van der Waals surface area contributed by atoms with Gasteiger partial charge in [0.25, 0.3) is 5.91 Å². The highest BCUT2D eigenvalue weighted by atomic mass is 16.5. The van der Waals surface area contributed by atoms with Crippen LogP contribution in [0.3, 0.4) is 0 Å². The third kappa shape index (κ3) is 7.00. The molecule has 0 aliphatic carbocycles. The Labute approximate surface area is 137 Å². The lowest BCUT2D eigenvalue weighted by Crippen LogP contribution is -2.32. The third-order valence-corrected chi connectivity index (χ3v) is 3.33. The molecule has 1 aromatic carbocycles. The molecule has 0 saturated heterocycles. The zero-order chi connectivity index (χ0) is 17.2. The van der Waals surface area contributed by atoms with Gasteiger partial charge in [-0.15, -0.1) is 0 Å². The number of hydrogen-bond acceptors (Lipinski definition) is 3. The third-order valence-electron chi connectivity index (χ3n) is 3.33. The molecule has 0 bridgehead atoms. The van der Waals surface area contributed by atoms with Gasteiger partial charge in [0.2, 0.25) is 0 Å². The number of nitrogens with one attached hydrogen (secondary N) is 1. The Bertz CT molecular complexity index is 562. The number of amides is 1.